The van der Waals surface area contributed by atoms with Crippen molar-refractivity contribution in [3.8, 4) is 0 Å². The first-order valence-electron chi connectivity index (χ1n) is 6.45. The van der Waals surface area contributed by atoms with E-state index in [1.807, 2.05) is 0 Å². The topological polar surface area (TPSA) is 72.2 Å². The zero-order chi connectivity index (χ0) is 13.0. The fourth-order valence-corrected chi connectivity index (χ4v) is 1.74. The molecule has 6 nitrogen and oxygen atoms in total. The molecule has 0 spiro atoms. The summed E-state index contributed by atoms with van der Waals surface area (Å²) in [4.78, 5) is 0. The van der Waals surface area contributed by atoms with E-state index in [1.54, 1.807) is 0 Å². The highest BCUT2D eigenvalue weighted by molar-refractivity contribution is 5.19. The normalized spacial score (nSPS) is 17.9. The summed E-state index contributed by atoms with van der Waals surface area (Å²) in [7, 11) is 0. The lowest BCUT2D eigenvalue weighted by Gasteiger charge is -2.21. The number of aromatic nitrogens is 2. The Labute approximate surface area is 107 Å². The first-order valence-corrected chi connectivity index (χ1v) is 6.45. The lowest BCUT2D eigenvalue weighted by molar-refractivity contribution is 0.0899. The van der Waals surface area contributed by atoms with Crippen molar-refractivity contribution in [2.45, 2.75) is 51.7 Å². The number of anilines is 1. The maximum atomic E-state index is 5.55. The van der Waals surface area contributed by atoms with Crippen molar-refractivity contribution in [2.75, 3.05) is 18.5 Å². The Hall–Kier alpha value is -1.14. The van der Waals surface area contributed by atoms with Crippen LogP contribution in [0.2, 0.25) is 0 Å². The Morgan fingerprint density at radius 3 is 2.61 bits per heavy atom. The molecule has 0 bridgehead atoms. The summed E-state index contributed by atoms with van der Waals surface area (Å²) in [6.45, 7) is 8.49. The second-order valence-corrected chi connectivity index (χ2v) is 5.64. The van der Waals surface area contributed by atoms with E-state index < -0.39 is 0 Å². The maximum absolute atomic E-state index is 5.55. The molecule has 0 radical (unpaired) electrons. The summed E-state index contributed by atoms with van der Waals surface area (Å²) >= 11 is 0. The van der Waals surface area contributed by atoms with Crippen LogP contribution in [0, 0.1) is 0 Å². The monoisotopic (exact) mass is 254 g/mol. The molecule has 0 unspecified atom stereocenters. The molecule has 0 saturated carbocycles. The zero-order valence-electron chi connectivity index (χ0n) is 11.3. The van der Waals surface area contributed by atoms with Gasteiger partial charge >= 0.3 is 6.01 Å². The molecular formula is C12H22N4O2. The van der Waals surface area contributed by atoms with Crippen LogP contribution in [0.5, 0.6) is 0 Å². The molecule has 2 N–H and O–H groups in total. The number of nitrogens with one attached hydrogen (secondary N) is 2. The molecule has 0 aromatic carbocycles. The minimum absolute atomic E-state index is 0.0444. The molecule has 18 heavy (non-hydrogen) atoms. The van der Waals surface area contributed by atoms with Crippen LogP contribution in [0.1, 0.15) is 39.5 Å². The molecule has 1 fully saturated rings. The van der Waals surface area contributed by atoms with Crippen molar-refractivity contribution >= 4 is 6.01 Å². The molecule has 6 heteroatoms. The number of hydrogen-bond donors (Lipinski definition) is 2. The Morgan fingerprint density at radius 1 is 1.22 bits per heavy atom. The van der Waals surface area contributed by atoms with Gasteiger partial charge in [-0.2, -0.15) is 0 Å². The predicted molar refractivity (Wildman–Crippen MR) is 68.4 cm³/mol. The maximum Gasteiger partial charge on any atom is 0.315 e. The van der Waals surface area contributed by atoms with E-state index in [4.69, 9.17) is 9.15 Å². The molecule has 0 atom stereocenters. The van der Waals surface area contributed by atoms with Gasteiger partial charge in [-0.1, -0.05) is 5.10 Å². The van der Waals surface area contributed by atoms with E-state index in [9.17, 15) is 0 Å². The molecule has 2 heterocycles. The molecule has 0 amide bonds. The highest BCUT2D eigenvalue weighted by atomic mass is 16.5. The minimum atomic E-state index is 0.0444. The average Bonchev–Trinajstić information content (AvgIpc) is 2.75. The molecule has 102 valence electrons. The summed E-state index contributed by atoms with van der Waals surface area (Å²) in [5.41, 5.74) is 0.0444. The van der Waals surface area contributed by atoms with Crippen LogP contribution in [0.25, 0.3) is 0 Å². The fourth-order valence-electron chi connectivity index (χ4n) is 1.74. The van der Waals surface area contributed by atoms with Crippen LogP contribution in [-0.2, 0) is 11.3 Å². The second-order valence-electron chi connectivity index (χ2n) is 5.64. The third kappa shape index (κ3) is 4.27. The highest BCUT2D eigenvalue weighted by Crippen LogP contribution is 2.14. The zero-order valence-corrected chi connectivity index (χ0v) is 11.3. The molecule has 2 rings (SSSR count). The first kappa shape index (κ1) is 13.3. The molecule has 1 aliphatic heterocycles. The van der Waals surface area contributed by atoms with E-state index in [0.717, 1.165) is 26.1 Å². The summed E-state index contributed by atoms with van der Waals surface area (Å²) in [5, 5.41) is 14.6. The predicted octanol–water partition coefficient (Wildman–Crippen LogP) is 1.55. The third-order valence-corrected chi connectivity index (χ3v) is 2.79. The van der Waals surface area contributed by atoms with Crippen molar-refractivity contribution in [3.63, 3.8) is 0 Å². The van der Waals surface area contributed by atoms with Crippen molar-refractivity contribution in [3.05, 3.63) is 5.89 Å². The fraction of sp³-hybridized carbons (Fsp3) is 0.833. The van der Waals surface area contributed by atoms with Crippen LogP contribution in [0.3, 0.4) is 0 Å². The summed E-state index contributed by atoms with van der Waals surface area (Å²) in [6, 6.07) is 0.884. The van der Waals surface area contributed by atoms with Gasteiger partial charge in [0.05, 0.1) is 6.54 Å². The van der Waals surface area contributed by atoms with Crippen molar-refractivity contribution in [2.24, 2.45) is 0 Å². The Morgan fingerprint density at radius 2 is 1.94 bits per heavy atom. The van der Waals surface area contributed by atoms with E-state index >= 15 is 0 Å². The van der Waals surface area contributed by atoms with Gasteiger partial charge in [0.2, 0.25) is 5.89 Å². The summed E-state index contributed by atoms with van der Waals surface area (Å²) in [6.07, 6.45) is 1.97. The Kier molecular flexibility index (Phi) is 4.19. The van der Waals surface area contributed by atoms with Gasteiger partial charge in [0.15, 0.2) is 0 Å². The molecule has 1 aliphatic rings. The largest absolute Gasteiger partial charge is 0.407 e. The van der Waals surface area contributed by atoms with E-state index in [0.29, 0.717) is 24.5 Å². The quantitative estimate of drug-likeness (QED) is 0.849. The van der Waals surface area contributed by atoms with Crippen molar-refractivity contribution in [1.29, 1.82) is 0 Å². The highest BCUT2D eigenvalue weighted by Gasteiger charge is 2.17. The first-order chi connectivity index (χ1) is 8.53. The molecule has 0 aliphatic carbocycles. The lowest BCUT2D eigenvalue weighted by atomic mass is 10.1. The van der Waals surface area contributed by atoms with Crippen LogP contribution in [0.15, 0.2) is 4.42 Å². The van der Waals surface area contributed by atoms with Gasteiger partial charge in [-0.05, 0) is 33.6 Å². The number of nitrogens with zero attached hydrogens (tertiary/aromatic N) is 2. The van der Waals surface area contributed by atoms with Gasteiger partial charge in [-0.15, -0.1) is 5.10 Å². The van der Waals surface area contributed by atoms with Crippen molar-refractivity contribution in [1.82, 2.24) is 15.5 Å². The van der Waals surface area contributed by atoms with Gasteiger partial charge in [-0.3, -0.25) is 0 Å². The average molecular weight is 254 g/mol. The molecule has 1 aromatic rings. The molecular weight excluding hydrogens is 232 g/mol. The third-order valence-electron chi connectivity index (χ3n) is 2.79. The van der Waals surface area contributed by atoms with E-state index in [2.05, 4.69) is 41.6 Å². The van der Waals surface area contributed by atoms with Crippen LogP contribution < -0.4 is 10.6 Å². The summed E-state index contributed by atoms with van der Waals surface area (Å²) < 4.78 is 10.8. The molecule has 1 aromatic heterocycles. The van der Waals surface area contributed by atoms with Gasteiger partial charge in [-0.25, -0.2) is 0 Å². The smallest absolute Gasteiger partial charge is 0.315 e. The minimum Gasteiger partial charge on any atom is -0.407 e. The Balaban J connectivity index is 1.82. The van der Waals surface area contributed by atoms with Crippen LogP contribution >= 0.6 is 0 Å². The SMILES string of the molecule is CC(C)(C)NCc1nnc(NC2CCOCC2)o1. The van der Waals surface area contributed by atoms with E-state index in [-0.39, 0.29) is 5.54 Å². The summed E-state index contributed by atoms with van der Waals surface area (Å²) in [5.74, 6) is 0.611. The number of hydrogen-bond acceptors (Lipinski definition) is 6. The van der Waals surface area contributed by atoms with Crippen molar-refractivity contribution < 1.29 is 9.15 Å². The van der Waals surface area contributed by atoms with Crippen LogP contribution in [-0.4, -0.2) is 35.0 Å². The van der Waals surface area contributed by atoms with E-state index in [1.165, 1.54) is 0 Å². The van der Waals surface area contributed by atoms with Gasteiger partial charge in [0.25, 0.3) is 0 Å². The lowest BCUT2D eigenvalue weighted by Crippen LogP contribution is -2.35. The number of ether oxygens (including phenoxy) is 1. The molecule has 1 saturated heterocycles. The Bertz CT molecular complexity index is 366. The number of rotatable bonds is 4. The van der Waals surface area contributed by atoms with Gasteiger partial charge < -0.3 is 19.8 Å². The second kappa shape index (κ2) is 5.67. The van der Waals surface area contributed by atoms with Gasteiger partial charge in [0, 0.05) is 24.8 Å². The van der Waals surface area contributed by atoms with Crippen LogP contribution in [0.4, 0.5) is 6.01 Å². The standard InChI is InChI=1S/C12H22N4O2/c1-12(2,3)13-8-10-15-16-11(18-10)14-9-4-6-17-7-5-9/h9,13H,4-8H2,1-3H3,(H,14,16). The van der Waals surface area contributed by atoms with Gasteiger partial charge in [0.1, 0.15) is 0 Å².